The summed E-state index contributed by atoms with van der Waals surface area (Å²) in [5.41, 5.74) is 4.24. The van der Waals surface area contributed by atoms with Gasteiger partial charge in [-0.3, -0.25) is 9.59 Å². The molecule has 8 heteroatoms. The Kier molecular flexibility index (Phi) is 11.1. The number of ether oxygens (including phenoxy) is 1. The average molecular weight is 540 g/mol. The number of nitrogens with zero attached hydrogens (tertiary/aromatic N) is 1. The fourth-order valence-corrected chi connectivity index (χ4v) is 4.60. The van der Waals surface area contributed by atoms with Gasteiger partial charge in [-0.15, -0.1) is 0 Å². The van der Waals surface area contributed by atoms with E-state index in [1.807, 2.05) is 77.9 Å². The van der Waals surface area contributed by atoms with Crippen molar-refractivity contribution in [1.29, 1.82) is 0 Å². The minimum Gasteiger partial charge on any atom is -0.444 e. The maximum absolute atomic E-state index is 14.1. The van der Waals surface area contributed by atoms with Crippen molar-refractivity contribution in [3.8, 4) is 0 Å². The van der Waals surface area contributed by atoms with Gasteiger partial charge in [0.1, 0.15) is 17.7 Å². The Bertz CT molecular complexity index is 1150. The number of para-hydroxylation sites is 1. The smallest absolute Gasteiger partial charge is 0.408 e. The SMILES string of the molecule is Cc1ccc(C(C(=O)Nc2c(C)cccc2C)N(CCO)C(=O)C(CC(C)C)NC(=O)OC(C)(C)C)c(C)c1. The van der Waals surface area contributed by atoms with Gasteiger partial charge in [0.2, 0.25) is 5.91 Å². The number of aliphatic hydroxyl groups excluding tert-OH is 1. The van der Waals surface area contributed by atoms with E-state index in [4.69, 9.17) is 4.74 Å². The van der Waals surface area contributed by atoms with Crippen LogP contribution in [0.4, 0.5) is 10.5 Å². The standard InChI is InChI=1S/C31H45N3O5/c1-19(2)17-25(32-30(38)39-31(7,8)9)29(37)34(15-16-35)27(24-14-13-20(3)18-23(24)6)28(36)33-26-21(4)11-10-12-22(26)5/h10-14,18-19,25,27,35H,15-17H2,1-9H3,(H,32,38)(H,33,36). The lowest BCUT2D eigenvalue weighted by atomic mass is 9.95. The number of aryl methyl sites for hydroxylation is 4. The van der Waals surface area contributed by atoms with Gasteiger partial charge in [0.25, 0.3) is 5.91 Å². The van der Waals surface area contributed by atoms with Crippen LogP contribution in [-0.4, -0.2) is 52.7 Å². The number of hydrogen-bond acceptors (Lipinski definition) is 5. The lowest BCUT2D eigenvalue weighted by Crippen LogP contribution is -2.53. The van der Waals surface area contributed by atoms with E-state index >= 15 is 0 Å². The molecule has 2 atom stereocenters. The molecule has 0 aliphatic rings. The Hall–Kier alpha value is -3.39. The Labute approximate surface area is 233 Å². The zero-order valence-electron chi connectivity index (χ0n) is 24.8. The van der Waals surface area contributed by atoms with Crippen molar-refractivity contribution in [2.75, 3.05) is 18.5 Å². The van der Waals surface area contributed by atoms with Crippen molar-refractivity contribution in [3.63, 3.8) is 0 Å². The number of amides is 3. The minimum absolute atomic E-state index is 0.0628. The highest BCUT2D eigenvalue weighted by atomic mass is 16.6. The van der Waals surface area contributed by atoms with Crippen LogP contribution in [0.1, 0.15) is 74.9 Å². The molecule has 2 unspecified atom stereocenters. The molecule has 0 saturated carbocycles. The lowest BCUT2D eigenvalue weighted by molar-refractivity contribution is -0.141. The van der Waals surface area contributed by atoms with Crippen LogP contribution in [0.25, 0.3) is 0 Å². The molecule has 2 aromatic rings. The molecular formula is C31H45N3O5. The first-order valence-electron chi connectivity index (χ1n) is 13.5. The van der Waals surface area contributed by atoms with Crippen LogP contribution in [0.15, 0.2) is 36.4 Å². The predicted octanol–water partition coefficient (Wildman–Crippen LogP) is 5.36. The summed E-state index contributed by atoms with van der Waals surface area (Å²) in [5.74, 6) is -0.806. The summed E-state index contributed by atoms with van der Waals surface area (Å²) >= 11 is 0. The summed E-state index contributed by atoms with van der Waals surface area (Å²) in [4.78, 5) is 42.2. The van der Waals surface area contributed by atoms with Crippen molar-refractivity contribution in [3.05, 3.63) is 64.2 Å². The van der Waals surface area contributed by atoms with E-state index in [9.17, 15) is 19.5 Å². The van der Waals surface area contributed by atoms with E-state index in [2.05, 4.69) is 10.6 Å². The zero-order valence-corrected chi connectivity index (χ0v) is 24.8. The highest BCUT2D eigenvalue weighted by Gasteiger charge is 2.37. The molecule has 0 radical (unpaired) electrons. The first-order valence-corrected chi connectivity index (χ1v) is 13.5. The molecule has 0 fully saturated rings. The maximum atomic E-state index is 14.1. The second kappa shape index (κ2) is 13.6. The van der Waals surface area contributed by atoms with Gasteiger partial charge in [-0.1, -0.05) is 55.8 Å². The number of nitrogens with one attached hydrogen (secondary N) is 2. The summed E-state index contributed by atoms with van der Waals surface area (Å²) < 4.78 is 5.42. The summed E-state index contributed by atoms with van der Waals surface area (Å²) in [6, 6.07) is 9.45. The van der Waals surface area contributed by atoms with Gasteiger partial charge in [0.15, 0.2) is 0 Å². The summed E-state index contributed by atoms with van der Waals surface area (Å²) in [5, 5.41) is 15.8. The number of hydrogen-bond donors (Lipinski definition) is 3. The van der Waals surface area contributed by atoms with E-state index in [0.29, 0.717) is 17.7 Å². The number of alkyl carbamates (subject to hydrolysis) is 1. The van der Waals surface area contributed by atoms with Gasteiger partial charge in [-0.2, -0.15) is 0 Å². The molecular weight excluding hydrogens is 494 g/mol. The Morgan fingerprint density at radius 1 is 0.974 bits per heavy atom. The van der Waals surface area contributed by atoms with E-state index in [-0.39, 0.29) is 19.1 Å². The molecule has 3 amide bonds. The molecule has 3 N–H and O–H groups in total. The van der Waals surface area contributed by atoms with Crippen LogP contribution in [0.5, 0.6) is 0 Å². The quantitative estimate of drug-likeness (QED) is 0.377. The first kappa shape index (κ1) is 31.8. The summed E-state index contributed by atoms with van der Waals surface area (Å²) in [7, 11) is 0. The highest BCUT2D eigenvalue weighted by molar-refractivity contribution is 6.00. The average Bonchev–Trinajstić information content (AvgIpc) is 2.80. The maximum Gasteiger partial charge on any atom is 0.408 e. The molecule has 0 aliphatic heterocycles. The van der Waals surface area contributed by atoms with E-state index in [1.165, 1.54) is 4.90 Å². The molecule has 0 bridgehead atoms. The normalized spacial score (nSPS) is 13.0. The van der Waals surface area contributed by atoms with Gasteiger partial charge in [0.05, 0.1) is 6.61 Å². The predicted molar refractivity (Wildman–Crippen MR) is 155 cm³/mol. The van der Waals surface area contributed by atoms with Crippen LogP contribution in [-0.2, 0) is 14.3 Å². The van der Waals surface area contributed by atoms with Gasteiger partial charge in [-0.05, 0) is 83.1 Å². The number of carbonyl (C=O) groups excluding carboxylic acids is 3. The Morgan fingerprint density at radius 2 is 1.59 bits per heavy atom. The molecule has 0 aliphatic carbocycles. The molecule has 0 spiro atoms. The third-order valence-electron chi connectivity index (χ3n) is 6.33. The van der Waals surface area contributed by atoms with Crippen molar-refractivity contribution in [2.45, 2.75) is 86.4 Å². The third-order valence-corrected chi connectivity index (χ3v) is 6.33. The summed E-state index contributed by atoms with van der Waals surface area (Å²) in [6.07, 6.45) is -0.383. The second-order valence-electron chi connectivity index (χ2n) is 11.6. The van der Waals surface area contributed by atoms with Crippen LogP contribution < -0.4 is 10.6 Å². The summed E-state index contributed by atoms with van der Waals surface area (Å²) in [6.45, 7) is 16.4. The molecule has 2 aromatic carbocycles. The molecule has 8 nitrogen and oxygen atoms in total. The van der Waals surface area contributed by atoms with E-state index in [0.717, 1.165) is 22.3 Å². The highest BCUT2D eigenvalue weighted by Crippen LogP contribution is 2.29. The minimum atomic E-state index is -1.04. The first-order chi connectivity index (χ1) is 18.1. The van der Waals surface area contributed by atoms with Crippen molar-refractivity contribution >= 4 is 23.6 Å². The van der Waals surface area contributed by atoms with Crippen LogP contribution in [0, 0.1) is 33.6 Å². The van der Waals surface area contributed by atoms with Gasteiger partial charge in [0, 0.05) is 12.2 Å². The second-order valence-corrected chi connectivity index (χ2v) is 11.6. The van der Waals surface area contributed by atoms with E-state index in [1.54, 1.807) is 20.8 Å². The number of anilines is 1. The van der Waals surface area contributed by atoms with Crippen molar-refractivity contribution in [1.82, 2.24) is 10.2 Å². The van der Waals surface area contributed by atoms with Crippen LogP contribution in [0.2, 0.25) is 0 Å². The van der Waals surface area contributed by atoms with Crippen LogP contribution in [0.3, 0.4) is 0 Å². The lowest BCUT2D eigenvalue weighted by Gasteiger charge is -2.35. The van der Waals surface area contributed by atoms with E-state index < -0.39 is 35.6 Å². The largest absolute Gasteiger partial charge is 0.444 e. The molecule has 0 saturated heterocycles. The number of carbonyl (C=O) groups is 3. The fourth-order valence-electron chi connectivity index (χ4n) is 4.60. The number of aliphatic hydroxyl groups is 1. The van der Waals surface area contributed by atoms with Crippen LogP contribution >= 0.6 is 0 Å². The van der Waals surface area contributed by atoms with Gasteiger partial charge in [-0.25, -0.2) is 4.79 Å². The Balaban J connectivity index is 2.59. The molecule has 214 valence electrons. The third kappa shape index (κ3) is 9.10. The molecule has 0 aromatic heterocycles. The number of benzene rings is 2. The van der Waals surface area contributed by atoms with Crippen molar-refractivity contribution < 1.29 is 24.2 Å². The monoisotopic (exact) mass is 539 g/mol. The van der Waals surface area contributed by atoms with Crippen molar-refractivity contribution in [2.24, 2.45) is 5.92 Å². The fraction of sp³-hybridized carbons (Fsp3) is 0.516. The van der Waals surface area contributed by atoms with Gasteiger partial charge < -0.3 is 25.4 Å². The molecule has 39 heavy (non-hydrogen) atoms. The number of rotatable bonds is 10. The topological polar surface area (TPSA) is 108 Å². The Morgan fingerprint density at radius 3 is 2.10 bits per heavy atom. The zero-order chi connectivity index (χ0) is 29.5. The molecule has 0 heterocycles. The van der Waals surface area contributed by atoms with Gasteiger partial charge >= 0.3 is 6.09 Å². The molecule has 2 rings (SSSR count).